The van der Waals surface area contributed by atoms with Gasteiger partial charge < -0.3 is 20.1 Å². The summed E-state index contributed by atoms with van der Waals surface area (Å²) in [7, 11) is -3.66. The maximum absolute atomic E-state index is 14.2. The number of hydrogen-bond acceptors (Lipinski definition) is 7. The second-order valence-corrected chi connectivity index (χ2v) is 13.9. The smallest absolute Gasteiger partial charge is 0.408 e. The molecule has 0 aliphatic rings. The minimum absolute atomic E-state index is 0.0211. The quantitative estimate of drug-likeness (QED) is 0.302. The van der Waals surface area contributed by atoms with Crippen molar-refractivity contribution in [3.8, 4) is 0 Å². The highest BCUT2D eigenvalue weighted by Gasteiger charge is 2.36. The van der Waals surface area contributed by atoms with Crippen LogP contribution < -0.4 is 10.6 Å². The van der Waals surface area contributed by atoms with Crippen molar-refractivity contribution in [2.75, 3.05) is 12.4 Å². The van der Waals surface area contributed by atoms with Gasteiger partial charge in [-0.2, -0.15) is 4.36 Å². The van der Waals surface area contributed by atoms with Gasteiger partial charge in [0.15, 0.2) is 0 Å². The highest BCUT2D eigenvalue weighted by molar-refractivity contribution is 7.94. The SMILES string of the molecule is C=CCOC(=O)[C@H](CC(C)C)NC(=O)CS(=O)(=NC(=O)[C@@H](NC(=O)OC(C)(C)C)C(C)(C)C)c1ccccc1. The van der Waals surface area contributed by atoms with E-state index >= 15 is 0 Å². The number of esters is 1. The van der Waals surface area contributed by atoms with Gasteiger partial charge in [-0.25, -0.2) is 13.8 Å². The molecule has 0 radical (unpaired) electrons. The van der Waals surface area contributed by atoms with Gasteiger partial charge >= 0.3 is 12.1 Å². The maximum Gasteiger partial charge on any atom is 0.408 e. The number of benzene rings is 1. The van der Waals surface area contributed by atoms with Crippen LogP contribution in [-0.2, 0) is 33.6 Å². The first kappa shape index (κ1) is 33.8. The molecule has 1 unspecified atom stereocenters. The fourth-order valence-electron chi connectivity index (χ4n) is 3.41. The van der Waals surface area contributed by atoms with Gasteiger partial charge in [0.05, 0.1) is 9.73 Å². The molecular weight excluding hydrogens is 522 g/mol. The monoisotopic (exact) mass is 565 g/mol. The van der Waals surface area contributed by atoms with Crippen LogP contribution >= 0.6 is 0 Å². The number of rotatable bonds is 11. The molecule has 0 aliphatic carbocycles. The second-order valence-electron chi connectivity index (χ2n) is 11.6. The average molecular weight is 566 g/mol. The number of alkyl carbamates (subject to hydrolysis) is 1. The van der Waals surface area contributed by atoms with Gasteiger partial charge in [0.1, 0.15) is 30.0 Å². The Morgan fingerprint density at radius 2 is 1.62 bits per heavy atom. The van der Waals surface area contributed by atoms with Gasteiger partial charge in [-0.15, -0.1) is 0 Å². The molecule has 218 valence electrons. The summed E-state index contributed by atoms with van der Waals surface area (Å²) in [4.78, 5) is 51.7. The molecule has 0 fully saturated rings. The van der Waals surface area contributed by atoms with E-state index in [2.05, 4.69) is 21.6 Å². The number of nitrogens with one attached hydrogen (secondary N) is 2. The minimum atomic E-state index is -3.66. The zero-order valence-corrected chi connectivity index (χ0v) is 25.1. The van der Waals surface area contributed by atoms with Crippen molar-refractivity contribution in [1.29, 1.82) is 0 Å². The van der Waals surface area contributed by atoms with E-state index in [0.29, 0.717) is 0 Å². The Balaban J connectivity index is 3.41. The van der Waals surface area contributed by atoms with Crippen LogP contribution in [0.4, 0.5) is 4.79 Å². The molecule has 39 heavy (non-hydrogen) atoms. The van der Waals surface area contributed by atoms with E-state index in [1.165, 1.54) is 18.2 Å². The lowest BCUT2D eigenvalue weighted by Crippen LogP contribution is -2.50. The van der Waals surface area contributed by atoms with Crippen molar-refractivity contribution in [3.05, 3.63) is 43.0 Å². The van der Waals surface area contributed by atoms with Gasteiger partial charge in [-0.3, -0.25) is 9.59 Å². The first-order valence-electron chi connectivity index (χ1n) is 12.8. The molecular formula is C28H43N3O7S. The number of carbonyl (C=O) groups excluding carboxylic acids is 4. The van der Waals surface area contributed by atoms with E-state index in [0.717, 1.165) is 0 Å². The van der Waals surface area contributed by atoms with E-state index in [4.69, 9.17) is 9.47 Å². The average Bonchev–Trinajstić information content (AvgIpc) is 2.78. The lowest BCUT2D eigenvalue weighted by Gasteiger charge is -2.30. The van der Waals surface area contributed by atoms with E-state index in [-0.39, 0.29) is 23.8 Å². The number of carbonyl (C=O) groups is 4. The molecule has 3 atom stereocenters. The Kier molecular flexibility index (Phi) is 12.4. The Bertz CT molecular complexity index is 1140. The van der Waals surface area contributed by atoms with Crippen molar-refractivity contribution >= 4 is 33.6 Å². The number of nitrogens with zero attached hydrogens (tertiary/aromatic N) is 1. The molecule has 0 saturated heterocycles. The standard InChI is InChI=1S/C28H43N3O7S/c1-10-16-37-25(34)21(17-19(2)3)29-22(32)18-39(36,20-14-12-11-13-15-20)31-24(33)23(27(4,5)6)30-26(35)38-28(7,8)9/h10-15,19,21,23H,1,16-18H2,2-9H3,(H,29,32)(H,30,35)/t21-,23+,39?/m0/s1. The van der Waals surface area contributed by atoms with E-state index in [1.54, 1.807) is 59.7 Å². The molecule has 1 rings (SSSR count). The summed E-state index contributed by atoms with van der Waals surface area (Å²) in [6, 6.07) is 5.75. The highest BCUT2D eigenvalue weighted by Crippen LogP contribution is 2.23. The van der Waals surface area contributed by atoms with Gasteiger partial charge in [0.25, 0.3) is 5.91 Å². The highest BCUT2D eigenvalue weighted by atomic mass is 32.2. The first-order valence-corrected chi connectivity index (χ1v) is 14.5. The van der Waals surface area contributed by atoms with Crippen molar-refractivity contribution in [2.45, 2.75) is 84.4 Å². The van der Waals surface area contributed by atoms with Crippen LogP contribution in [0.15, 0.2) is 52.2 Å². The van der Waals surface area contributed by atoms with Crippen molar-refractivity contribution in [3.63, 3.8) is 0 Å². The molecule has 0 aliphatic heterocycles. The van der Waals surface area contributed by atoms with Crippen LogP contribution in [0.3, 0.4) is 0 Å². The summed E-state index contributed by atoms with van der Waals surface area (Å²) >= 11 is 0. The van der Waals surface area contributed by atoms with E-state index in [1.807, 2.05) is 13.8 Å². The van der Waals surface area contributed by atoms with Gasteiger partial charge in [-0.05, 0) is 50.7 Å². The second kappa shape index (κ2) is 14.3. The van der Waals surface area contributed by atoms with Crippen LogP contribution in [0.5, 0.6) is 0 Å². The van der Waals surface area contributed by atoms with Crippen molar-refractivity contribution < 1.29 is 32.9 Å². The Morgan fingerprint density at radius 3 is 2.10 bits per heavy atom. The molecule has 1 aromatic carbocycles. The zero-order chi connectivity index (χ0) is 30.0. The first-order chi connectivity index (χ1) is 17.9. The molecule has 0 saturated carbocycles. The third-order valence-electron chi connectivity index (χ3n) is 5.12. The summed E-state index contributed by atoms with van der Waals surface area (Å²) in [5.74, 6) is -2.91. The predicted molar refractivity (Wildman–Crippen MR) is 150 cm³/mol. The molecule has 0 heterocycles. The lowest BCUT2D eigenvalue weighted by atomic mass is 9.86. The third kappa shape index (κ3) is 12.0. The summed E-state index contributed by atoms with van der Waals surface area (Å²) in [6.45, 7) is 17.4. The van der Waals surface area contributed by atoms with Crippen LogP contribution in [0, 0.1) is 11.3 Å². The summed E-state index contributed by atoms with van der Waals surface area (Å²) in [5, 5.41) is 5.11. The third-order valence-corrected chi connectivity index (χ3v) is 7.26. The van der Waals surface area contributed by atoms with Gasteiger partial charge in [0.2, 0.25) is 5.91 Å². The number of ether oxygens (including phenoxy) is 2. The fraction of sp³-hybridized carbons (Fsp3) is 0.571. The zero-order valence-electron chi connectivity index (χ0n) is 24.2. The summed E-state index contributed by atoms with van der Waals surface area (Å²) in [5.41, 5.74) is -1.63. The summed E-state index contributed by atoms with van der Waals surface area (Å²) in [6.07, 6.45) is 0.871. The van der Waals surface area contributed by atoms with E-state index < -0.39 is 62.5 Å². The molecule has 0 bridgehead atoms. The molecule has 0 aromatic heterocycles. The predicted octanol–water partition coefficient (Wildman–Crippen LogP) is 4.24. The van der Waals surface area contributed by atoms with Gasteiger partial charge in [-0.1, -0.05) is 65.5 Å². The molecule has 10 nitrogen and oxygen atoms in total. The molecule has 2 N–H and O–H groups in total. The van der Waals surface area contributed by atoms with E-state index in [9.17, 15) is 23.4 Å². The Labute approximate surface area is 232 Å². The molecule has 11 heteroatoms. The summed E-state index contributed by atoms with van der Waals surface area (Å²) < 4.78 is 28.6. The maximum atomic E-state index is 14.2. The number of hydrogen-bond donors (Lipinski definition) is 2. The Hall–Kier alpha value is -3.21. The fourth-order valence-corrected chi connectivity index (χ4v) is 5.17. The van der Waals surface area contributed by atoms with Crippen molar-refractivity contribution in [2.24, 2.45) is 15.7 Å². The minimum Gasteiger partial charge on any atom is -0.460 e. The van der Waals surface area contributed by atoms with Crippen LogP contribution in [-0.4, -0.2) is 58.1 Å². The topological polar surface area (TPSA) is 140 Å². The molecule has 3 amide bonds. The largest absolute Gasteiger partial charge is 0.460 e. The normalized spacial score (nSPS) is 14.8. The number of amides is 3. The van der Waals surface area contributed by atoms with Crippen LogP contribution in [0.1, 0.15) is 61.8 Å². The van der Waals surface area contributed by atoms with Crippen LogP contribution in [0.2, 0.25) is 0 Å². The Morgan fingerprint density at radius 1 is 1.03 bits per heavy atom. The van der Waals surface area contributed by atoms with Crippen molar-refractivity contribution in [1.82, 2.24) is 10.6 Å². The lowest BCUT2D eigenvalue weighted by molar-refractivity contribution is -0.147. The van der Waals surface area contributed by atoms with Gasteiger partial charge in [0, 0.05) is 4.90 Å². The molecule has 1 aromatic rings. The molecule has 0 spiro atoms. The van der Waals surface area contributed by atoms with Crippen LogP contribution in [0.25, 0.3) is 0 Å².